The van der Waals surface area contributed by atoms with Gasteiger partial charge in [-0.1, -0.05) is 0 Å². The van der Waals surface area contributed by atoms with E-state index >= 15 is 0 Å². The lowest BCUT2D eigenvalue weighted by Gasteiger charge is -2.01. The van der Waals surface area contributed by atoms with Gasteiger partial charge in [-0.2, -0.15) is 0 Å². The Morgan fingerprint density at radius 2 is 2.39 bits per heavy atom. The fourth-order valence-electron chi connectivity index (χ4n) is 1.66. The molecule has 0 saturated heterocycles. The minimum atomic E-state index is -0.153. The number of hydrogen-bond donors (Lipinski definition) is 1. The quantitative estimate of drug-likeness (QED) is 0.764. The van der Waals surface area contributed by atoms with Gasteiger partial charge in [-0.05, 0) is 12.1 Å². The van der Waals surface area contributed by atoms with Gasteiger partial charge in [0.15, 0.2) is 0 Å². The number of thiophene rings is 1. The molecule has 7 heteroatoms. The van der Waals surface area contributed by atoms with Gasteiger partial charge in [0.2, 0.25) is 12.3 Å². The van der Waals surface area contributed by atoms with E-state index in [2.05, 4.69) is 20.5 Å². The minimum Gasteiger partial charge on any atom is -0.423 e. The Bertz CT molecular complexity index is 705. The minimum absolute atomic E-state index is 0.153. The van der Waals surface area contributed by atoms with Crippen molar-refractivity contribution < 1.29 is 9.21 Å². The second-order valence-corrected chi connectivity index (χ2v) is 4.59. The molecule has 6 nitrogen and oxygen atoms in total. The van der Waals surface area contributed by atoms with Crippen LogP contribution in [0.3, 0.4) is 0 Å². The van der Waals surface area contributed by atoms with Crippen LogP contribution >= 0.6 is 11.3 Å². The van der Waals surface area contributed by atoms with Crippen molar-refractivity contribution in [1.82, 2.24) is 15.2 Å². The highest BCUT2D eigenvalue weighted by atomic mass is 32.1. The molecule has 0 unspecified atom stereocenters. The lowest BCUT2D eigenvalue weighted by molar-refractivity contribution is -0.114. The van der Waals surface area contributed by atoms with Crippen LogP contribution in [0.15, 0.2) is 29.1 Å². The Morgan fingerprint density at radius 3 is 3.11 bits per heavy atom. The number of amides is 1. The van der Waals surface area contributed by atoms with Gasteiger partial charge in [-0.15, -0.1) is 21.5 Å². The molecule has 18 heavy (non-hydrogen) atoms. The van der Waals surface area contributed by atoms with E-state index in [1.165, 1.54) is 24.7 Å². The van der Waals surface area contributed by atoms with Crippen molar-refractivity contribution >= 4 is 33.1 Å². The van der Waals surface area contributed by atoms with Crippen LogP contribution in [0, 0.1) is 0 Å². The fraction of sp³-hybridized carbons (Fsp3) is 0.0909. The predicted molar refractivity (Wildman–Crippen MR) is 67.2 cm³/mol. The van der Waals surface area contributed by atoms with Gasteiger partial charge in [-0.25, -0.2) is 4.98 Å². The van der Waals surface area contributed by atoms with Gasteiger partial charge in [0.05, 0.1) is 5.69 Å². The summed E-state index contributed by atoms with van der Waals surface area (Å²) in [6, 6.07) is 3.71. The molecule has 1 amide bonds. The molecule has 0 spiro atoms. The van der Waals surface area contributed by atoms with E-state index in [9.17, 15) is 4.79 Å². The summed E-state index contributed by atoms with van der Waals surface area (Å²) in [5.74, 6) is 0.223. The Balaban J connectivity index is 2.26. The zero-order valence-corrected chi connectivity index (χ0v) is 10.2. The van der Waals surface area contributed by atoms with E-state index in [0.29, 0.717) is 11.6 Å². The van der Waals surface area contributed by atoms with Crippen molar-refractivity contribution in [2.45, 2.75) is 6.92 Å². The van der Waals surface area contributed by atoms with Crippen LogP contribution in [0.2, 0.25) is 0 Å². The van der Waals surface area contributed by atoms with Crippen LogP contribution in [-0.4, -0.2) is 21.1 Å². The summed E-state index contributed by atoms with van der Waals surface area (Å²) in [6.45, 7) is 1.46. The second kappa shape index (κ2) is 4.19. The summed E-state index contributed by atoms with van der Waals surface area (Å²) < 4.78 is 5.18. The molecule has 0 aliphatic rings. The van der Waals surface area contributed by atoms with Gasteiger partial charge in [0, 0.05) is 18.5 Å². The molecule has 0 aromatic carbocycles. The molecule has 1 N–H and O–H groups in total. The highest BCUT2D eigenvalue weighted by Crippen LogP contribution is 2.40. The molecule has 0 aliphatic carbocycles. The lowest BCUT2D eigenvalue weighted by atomic mass is 10.2. The number of nitrogens with zero attached hydrogens (tertiary/aromatic N) is 3. The molecular formula is C11H8N4O2S. The topological polar surface area (TPSA) is 80.9 Å². The standard InChI is InChI=1S/C11H8N4O2S/c1-6(16)14-8-7-3-2-4-12-11(7)18-9(8)10-15-13-5-17-10/h2-5H,1H3,(H,14,16). The number of carbonyl (C=O) groups excluding carboxylic acids is 1. The molecular weight excluding hydrogens is 252 g/mol. The van der Waals surface area contributed by atoms with E-state index in [0.717, 1.165) is 15.1 Å². The summed E-state index contributed by atoms with van der Waals surface area (Å²) in [6.07, 6.45) is 2.96. The maximum Gasteiger partial charge on any atom is 0.259 e. The SMILES string of the molecule is CC(=O)Nc1c(-c2nnco2)sc2ncccc12. The van der Waals surface area contributed by atoms with Crippen LogP contribution in [0.5, 0.6) is 0 Å². The molecule has 3 rings (SSSR count). The third-order valence-electron chi connectivity index (χ3n) is 2.32. The zero-order chi connectivity index (χ0) is 12.5. The first-order chi connectivity index (χ1) is 8.75. The van der Waals surface area contributed by atoms with Crippen LogP contribution < -0.4 is 5.32 Å². The van der Waals surface area contributed by atoms with Crippen LogP contribution in [-0.2, 0) is 4.79 Å². The summed E-state index contributed by atoms with van der Waals surface area (Å²) >= 11 is 1.40. The van der Waals surface area contributed by atoms with Crippen molar-refractivity contribution in [3.05, 3.63) is 24.7 Å². The smallest absolute Gasteiger partial charge is 0.259 e. The number of carbonyl (C=O) groups is 1. The first-order valence-electron chi connectivity index (χ1n) is 5.17. The number of pyridine rings is 1. The Labute approximate surface area is 106 Å². The van der Waals surface area contributed by atoms with Crippen LogP contribution in [0.1, 0.15) is 6.92 Å². The predicted octanol–water partition coefficient (Wildman–Crippen LogP) is 2.30. The Morgan fingerprint density at radius 1 is 1.50 bits per heavy atom. The first-order valence-corrected chi connectivity index (χ1v) is 5.99. The lowest BCUT2D eigenvalue weighted by Crippen LogP contribution is -2.06. The average molecular weight is 260 g/mol. The monoisotopic (exact) mass is 260 g/mol. The summed E-state index contributed by atoms with van der Waals surface area (Å²) in [4.78, 5) is 17.1. The number of anilines is 1. The molecule has 0 radical (unpaired) electrons. The van der Waals surface area contributed by atoms with E-state index in [1.54, 1.807) is 6.20 Å². The van der Waals surface area contributed by atoms with Gasteiger partial charge in [0.1, 0.15) is 9.71 Å². The van der Waals surface area contributed by atoms with Crippen molar-refractivity contribution in [3.63, 3.8) is 0 Å². The van der Waals surface area contributed by atoms with E-state index in [-0.39, 0.29) is 5.91 Å². The van der Waals surface area contributed by atoms with Crippen LogP contribution in [0.4, 0.5) is 5.69 Å². The number of nitrogens with one attached hydrogen (secondary N) is 1. The van der Waals surface area contributed by atoms with Crippen molar-refractivity contribution in [1.29, 1.82) is 0 Å². The van der Waals surface area contributed by atoms with Crippen molar-refractivity contribution in [2.24, 2.45) is 0 Å². The largest absolute Gasteiger partial charge is 0.423 e. The Kier molecular flexibility index (Phi) is 2.52. The second-order valence-electron chi connectivity index (χ2n) is 3.59. The number of rotatable bonds is 2. The van der Waals surface area contributed by atoms with E-state index in [4.69, 9.17) is 4.42 Å². The van der Waals surface area contributed by atoms with Crippen molar-refractivity contribution in [2.75, 3.05) is 5.32 Å². The zero-order valence-electron chi connectivity index (χ0n) is 9.38. The highest BCUT2D eigenvalue weighted by molar-refractivity contribution is 7.22. The normalized spacial score (nSPS) is 10.7. The number of fused-ring (bicyclic) bond motifs is 1. The maximum atomic E-state index is 11.3. The van der Waals surface area contributed by atoms with E-state index < -0.39 is 0 Å². The molecule has 3 heterocycles. The number of hydrogen-bond acceptors (Lipinski definition) is 6. The highest BCUT2D eigenvalue weighted by Gasteiger charge is 2.18. The van der Waals surface area contributed by atoms with Gasteiger partial charge < -0.3 is 9.73 Å². The Hall–Kier alpha value is -2.28. The number of aromatic nitrogens is 3. The molecule has 3 aromatic rings. The third-order valence-corrected chi connectivity index (χ3v) is 3.42. The molecule has 0 fully saturated rings. The van der Waals surface area contributed by atoms with E-state index in [1.807, 2.05) is 12.1 Å². The van der Waals surface area contributed by atoms with Crippen LogP contribution in [0.25, 0.3) is 21.0 Å². The molecule has 0 aliphatic heterocycles. The third kappa shape index (κ3) is 1.74. The van der Waals surface area contributed by atoms with Crippen molar-refractivity contribution in [3.8, 4) is 10.8 Å². The molecule has 3 aromatic heterocycles. The average Bonchev–Trinajstić information content (AvgIpc) is 2.96. The molecule has 0 saturated carbocycles. The van der Waals surface area contributed by atoms with Gasteiger partial charge in [-0.3, -0.25) is 4.79 Å². The summed E-state index contributed by atoms with van der Waals surface area (Å²) in [7, 11) is 0. The maximum absolute atomic E-state index is 11.3. The molecule has 0 atom stereocenters. The molecule has 0 bridgehead atoms. The molecule has 90 valence electrons. The summed E-state index contributed by atoms with van der Waals surface area (Å²) in [5, 5.41) is 11.2. The first kappa shape index (κ1) is 10.8. The summed E-state index contributed by atoms with van der Waals surface area (Å²) in [5.41, 5.74) is 0.667. The van der Waals surface area contributed by atoms with Gasteiger partial charge in [0.25, 0.3) is 5.89 Å². The fourth-order valence-corrected chi connectivity index (χ4v) is 2.68. The van der Waals surface area contributed by atoms with Gasteiger partial charge >= 0.3 is 0 Å².